The van der Waals surface area contributed by atoms with Gasteiger partial charge in [-0.05, 0) is 24.6 Å². The number of nitrogens with one attached hydrogen (secondary N) is 1. The molecule has 0 saturated heterocycles. The van der Waals surface area contributed by atoms with Crippen molar-refractivity contribution in [1.29, 1.82) is 0 Å². The fourth-order valence-electron chi connectivity index (χ4n) is 1.79. The van der Waals surface area contributed by atoms with Crippen molar-refractivity contribution in [3.63, 3.8) is 0 Å². The summed E-state index contributed by atoms with van der Waals surface area (Å²) >= 11 is 0. The van der Waals surface area contributed by atoms with Crippen LogP contribution in [0.1, 0.15) is 17.3 Å². The summed E-state index contributed by atoms with van der Waals surface area (Å²) in [7, 11) is 0. The number of hydrogen-bond acceptors (Lipinski definition) is 6. The van der Waals surface area contributed by atoms with Crippen molar-refractivity contribution in [3.05, 3.63) is 46.5 Å². The van der Waals surface area contributed by atoms with Crippen LogP contribution in [0.3, 0.4) is 0 Å². The number of halogens is 1. The molecule has 0 aliphatic rings. The van der Waals surface area contributed by atoms with E-state index in [0.29, 0.717) is 13.1 Å². The highest BCUT2D eigenvalue weighted by Crippen LogP contribution is 2.23. The second-order valence-electron chi connectivity index (χ2n) is 4.85. The maximum Gasteiger partial charge on any atom is 0.295 e. The molecule has 3 N–H and O–H groups in total. The minimum atomic E-state index is -0.559. The summed E-state index contributed by atoms with van der Waals surface area (Å²) in [4.78, 5) is 26.4. The van der Waals surface area contributed by atoms with Crippen LogP contribution >= 0.6 is 12.4 Å². The number of nitrogens with zero attached hydrogens (tertiary/aromatic N) is 4. The Bertz CT molecular complexity index is 676. The first-order valence-corrected chi connectivity index (χ1v) is 6.64. The molecule has 0 aliphatic carbocycles. The molecule has 1 amide bonds. The lowest BCUT2D eigenvalue weighted by atomic mass is 10.1. The molecule has 23 heavy (non-hydrogen) atoms. The van der Waals surface area contributed by atoms with E-state index in [-0.39, 0.29) is 41.2 Å². The van der Waals surface area contributed by atoms with Crippen LogP contribution in [0.25, 0.3) is 5.69 Å². The molecule has 9 nitrogen and oxygen atoms in total. The third kappa shape index (κ3) is 4.47. The molecule has 0 saturated carbocycles. The summed E-state index contributed by atoms with van der Waals surface area (Å²) in [5, 5.41) is 17.8. The van der Waals surface area contributed by atoms with Gasteiger partial charge in [-0.25, -0.2) is 9.67 Å². The van der Waals surface area contributed by atoms with Gasteiger partial charge in [0.1, 0.15) is 18.3 Å². The van der Waals surface area contributed by atoms with E-state index in [2.05, 4.69) is 15.4 Å². The Labute approximate surface area is 138 Å². The number of benzene rings is 1. The summed E-state index contributed by atoms with van der Waals surface area (Å²) < 4.78 is 1.27. The Hall–Kier alpha value is -2.52. The van der Waals surface area contributed by atoms with Crippen LogP contribution in [-0.2, 0) is 0 Å². The highest BCUT2D eigenvalue weighted by atomic mass is 35.5. The highest BCUT2D eigenvalue weighted by molar-refractivity contribution is 5.95. The maximum absolute atomic E-state index is 12.0. The number of aromatic nitrogens is 3. The van der Waals surface area contributed by atoms with Crippen LogP contribution in [0.15, 0.2) is 30.9 Å². The van der Waals surface area contributed by atoms with Crippen LogP contribution in [-0.4, -0.2) is 38.7 Å². The molecule has 1 atom stereocenters. The van der Waals surface area contributed by atoms with Crippen molar-refractivity contribution in [3.8, 4) is 5.69 Å². The zero-order chi connectivity index (χ0) is 16.1. The lowest BCUT2D eigenvalue weighted by Crippen LogP contribution is -2.31. The third-order valence-electron chi connectivity index (χ3n) is 3.11. The summed E-state index contributed by atoms with van der Waals surface area (Å²) in [6.07, 6.45) is 2.63. The average Bonchev–Trinajstić information content (AvgIpc) is 3.05. The summed E-state index contributed by atoms with van der Waals surface area (Å²) in [5.74, 6) is -0.248. The van der Waals surface area contributed by atoms with E-state index in [1.54, 1.807) is 0 Å². The van der Waals surface area contributed by atoms with Crippen LogP contribution in [0, 0.1) is 16.0 Å². The lowest BCUT2D eigenvalue weighted by Gasteiger charge is -2.10. The van der Waals surface area contributed by atoms with E-state index < -0.39 is 4.92 Å². The van der Waals surface area contributed by atoms with Gasteiger partial charge < -0.3 is 11.1 Å². The smallest absolute Gasteiger partial charge is 0.295 e. The van der Waals surface area contributed by atoms with Gasteiger partial charge in [0.25, 0.3) is 11.6 Å². The number of carbonyl (C=O) groups excluding carboxylic acids is 1. The Morgan fingerprint density at radius 2 is 2.26 bits per heavy atom. The van der Waals surface area contributed by atoms with Crippen molar-refractivity contribution in [2.75, 3.05) is 13.1 Å². The number of nitro groups is 1. The number of hydrogen-bond donors (Lipinski definition) is 2. The molecule has 124 valence electrons. The largest absolute Gasteiger partial charge is 0.352 e. The van der Waals surface area contributed by atoms with E-state index in [0.717, 1.165) is 0 Å². The van der Waals surface area contributed by atoms with Crippen LogP contribution in [0.5, 0.6) is 0 Å². The van der Waals surface area contributed by atoms with Gasteiger partial charge in [0.05, 0.1) is 4.92 Å². The first kappa shape index (κ1) is 18.5. The summed E-state index contributed by atoms with van der Waals surface area (Å²) in [6, 6.07) is 4.19. The maximum atomic E-state index is 12.0. The molecule has 1 unspecified atom stereocenters. The van der Waals surface area contributed by atoms with E-state index in [4.69, 9.17) is 5.73 Å². The minimum absolute atomic E-state index is 0. The molecular formula is C13H17ClN6O3. The third-order valence-corrected chi connectivity index (χ3v) is 3.11. The van der Waals surface area contributed by atoms with Crippen molar-refractivity contribution < 1.29 is 9.72 Å². The van der Waals surface area contributed by atoms with Crippen molar-refractivity contribution in [2.24, 2.45) is 11.7 Å². The van der Waals surface area contributed by atoms with Gasteiger partial charge in [0.2, 0.25) is 0 Å². The van der Waals surface area contributed by atoms with Gasteiger partial charge in [-0.2, -0.15) is 5.10 Å². The number of rotatable bonds is 6. The van der Waals surface area contributed by atoms with Crippen molar-refractivity contribution in [1.82, 2.24) is 20.1 Å². The molecular weight excluding hydrogens is 324 g/mol. The fraction of sp³-hybridized carbons (Fsp3) is 0.308. The van der Waals surface area contributed by atoms with Gasteiger partial charge in [-0.3, -0.25) is 14.9 Å². The zero-order valence-electron chi connectivity index (χ0n) is 12.4. The minimum Gasteiger partial charge on any atom is -0.352 e. The first-order chi connectivity index (χ1) is 10.5. The number of amides is 1. The number of carbonyl (C=O) groups is 1. The molecule has 0 spiro atoms. The van der Waals surface area contributed by atoms with Crippen LogP contribution in [0.4, 0.5) is 5.69 Å². The van der Waals surface area contributed by atoms with Gasteiger partial charge in [-0.15, -0.1) is 12.4 Å². The van der Waals surface area contributed by atoms with E-state index in [9.17, 15) is 14.9 Å². The second kappa shape index (κ2) is 8.20. The Kier molecular flexibility index (Phi) is 6.61. The van der Waals surface area contributed by atoms with Gasteiger partial charge in [-0.1, -0.05) is 6.92 Å². The van der Waals surface area contributed by atoms with Crippen LogP contribution < -0.4 is 11.1 Å². The first-order valence-electron chi connectivity index (χ1n) is 6.64. The van der Waals surface area contributed by atoms with E-state index >= 15 is 0 Å². The monoisotopic (exact) mass is 340 g/mol. The molecule has 1 heterocycles. The van der Waals surface area contributed by atoms with Gasteiger partial charge in [0, 0.05) is 18.2 Å². The standard InChI is InChI=1S/C13H16N6O3.ClH/c1-9(5-14)6-16-13(20)10-2-3-11(12(4-10)19(21)22)18-8-15-7-17-18;/h2-4,7-9H,5-6,14H2,1H3,(H,16,20);1H. The predicted molar refractivity (Wildman–Crippen MR) is 85.8 cm³/mol. The molecule has 1 aromatic carbocycles. The van der Waals surface area contributed by atoms with Crippen molar-refractivity contribution >= 4 is 24.0 Å². The van der Waals surface area contributed by atoms with Gasteiger partial charge >= 0.3 is 0 Å². The Balaban J connectivity index is 0.00000264. The van der Waals surface area contributed by atoms with E-state index in [1.807, 2.05) is 6.92 Å². The normalized spacial score (nSPS) is 11.4. The number of nitrogens with two attached hydrogens (primary N) is 1. The zero-order valence-corrected chi connectivity index (χ0v) is 13.2. The fourth-order valence-corrected chi connectivity index (χ4v) is 1.79. The Morgan fingerprint density at radius 3 is 2.83 bits per heavy atom. The highest BCUT2D eigenvalue weighted by Gasteiger charge is 2.19. The predicted octanol–water partition coefficient (Wildman–Crippen LogP) is 0.922. The van der Waals surface area contributed by atoms with Gasteiger partial charge in [0.15, 0.2) is 0 Å². The molecule has 0 bridgehead atoms. The summed E-state index contributed by atoms with van der Waals surface area (Å²) in [5.41, 5.74) is 5.71. The molecule has 0 radical (unpaired) electrons. The van der Waals surface area contributed by atoms with Crippen molar-refractivity contribution in [2.45, 2.75) is 6.92 Å². The SMILES string of the molecule is CC(CN)CNC(=O)c1ccc(-n2cncn2)c([N+](=O)[O-])c1.Cl. The summed E-state index contributed by atoms with van der Waals surface area (Å²) in [6.45, 7) is 2.76. The Morgan fingerprint density at radius 1 is 1.52 bits per heavy atom. The quantitative estimate of drug-likeness (QED) is 0.594. The number of nitro benzene ring substituents is 1. The molecule has 1 aromatic heterocycles. The van der Waals surface area contributed by atoms with E-state index in [1.165, 1.54) is 35.5 Å². The van der Waals surface area contributed by atoms with Crippen LogP contribution in [0.2, 0.25) is 0 Å². The lowest BCUT2D eigenvalue weighted by molar-refractivity contribution is -0.384. The molecule has 10 heteroatoms. The second-order valence-corrected chi connectivity index (χ2v) is 4.85. The molecule has 0 aliphatic heterocycles. The molecule has 0 fully saturated rings. The average molecular weight is 341 g/mol. The topological polar surface area (TPSA) is 129 Å². The molecule has 2 rings (SSSR count). The molecule has 2 aromatic rings.